The Morgan fingerprint density at radius 2 is 2.00 bits per heavy atom. The van der Waals surface area contributed by atoms with Gasteiger partial charge in [-0.2, -0.15) is 0 Å². The van der Waals surface area contributed by atoms with Crippen LogP contribution >= 0.6 is 0 Å². The third-order valence-electron chi connectivity index (χ3n) is 3.08. The molecule has 0 aliphatic rings. The van der Waals surface area contributed by atoms with Crippen molar-refractivity contribution in [3.8, 4) is 0 Å². The van der Waals surface area contributed by atoms with Crippen LogP contribution in [0.25, 0.3) is 0 Å². The largest absolute Gasteiger partial charge is 0.464 e. The second-order valence-corrected chi connectivity index (χ2v) is 4.41. The minimum absolute atomic E-state index is 0.256. The highest BCUT2D eigenvalue weighted by atomic mass is 16.5. The number of rotatable bonds is 6. The van der Waals surface area contributed by atoms with Crippen LogP contribution in [-0.4, -0.2) is 37.1 Å². The van der Waals surface area contributed by atoms with E-state index in [1.807, 2.05) is 56.3 Å². The number of hydrogen-bond donors (Lipinski definition) is 0. The zero-order chi connectivity index (χ0) is 13.6. The van der Waals surface area contributed by atoms with Gasteiger partial charge in [0.25, 0.3) is 0 Å². The second-order valence-electron chi connectivity index (χ2n) is 4.41. The Hall–Kier alpha value is -1.61. The molecule has 0 saturated heterocycles. The lowest BCUT2D eigenvalue weighted by Gasteiger charge is -2.34. The van der Waals surface area contributed by atoms with Crippen molar-refractivity contribution in [2.45, 2.75) is 18.9 Å². The topological polar surface area (TPSA) is 29.5 Å². The molecular formula is C15H21NO2. The number of nitrogens with zero attached hydrogens (tertiary/aromatic N) is 1. The fraction of sp³-hybridized carbons (Fsp3) is 0.400. The average Bonchev–Trinajstić information content (AvgIpc) is 2.37. The molecule has 3 nitrogen and oxygen atoms in total. The van der Waals surface area contributed by atoms with Crippen LogP contribution in [0.4, 0.5) is 0 Å². The van der Waals surface area contributed by atoms with Crippen LogP contribution in [0.2, 0.25) is 0 Å². The summed E-state index contributed by atoms with van der Waals surface area (Å²) in [6.45, 7) is 5.99. The first-order chi connectivity index (χ1) is 8.56. The number of esters is 1. The summed E-state index contributed by atoms with van der Waals surface area (Å²) in [7, 11) is 3.73. The Bertz CT molecular complexity index is 400. The summed E-state index contributed by atoms with van der Waals surface area (Å²) in [6.07, 6.45) is 2.22. The first kappa shape index (κ1) is 14.5. The van der Waals surface area contributed by atoms with Gasteiger partial charge >= 0.3 is 5.97 Å². The van der Waals surface area contributed by atoms with Gasteiger partial charge in [0.1, 0.15) is 5.54 Å². The minimum atomic E-state index is -0.808. The van der Waals surface area contributed by atoms with E-state index in [9.17, 15) is 4.79 Å². The van der Waals surface area contributed by atoms with Crippen molar-refractivity contribution < 1.29 is 9.53 Å². The van der Waals surface area contributed by atoms with Gasteiger partial charge in [-0.1, -0.05) is 36.4 Å². The van der Waals surface area contributed by atoms with Crippen molar-refractivity contribution >= 4 is 5.97 Å². The maximum atomic E-state index is 12.2. The first-order valence-corrected chi connectivity index (χ1v) is 6.09. The number of likely N-dealkylation sites (N-methyl/N-ethyl adjacent to an activating group) is 1. The molecule has 0 aliphatic carbocycles. The summed E-state index contributed by atoms with van der Waals surface area (Å²) in [6, 6.07) is 9.88. The van der Waals surface area contributed by atoms with Gasteiger partial charge in [0.2, 0.25) is 0 Å². The van der Waals surface area contributed by atoms with E-state index in [0.717, 1.165) is 5.56 Å². The van der Waals surface area contributed by atoms with Crippen molar-refractivity contribution in [1.29, 1.82) is 0 Å². The predicted octanol–water partition coefficient (Wildman–Crippen LogP) is 2.28. The second kappa shape index (κ2) is 6.36. The lowest BCUT2D eigenvalue weighted by Crippen LogP contribution is -2.52. The molecule has 0 aliphatic heterocycles. The zero-order valence-electron chi connectivity index (χ0n) is 11.3. The van der Waals surface area contributed by atoms with Gasteiger partial charge in [-0.25, -0.2) is 4.79 Å². The van der Waals surface area contributed by atoms with Gasteiger partial charge in [-0.15, -0.1) is 6.58 Å². The molecule has 0 bridgehead atoms. The molecular weight excluding hydrogens is 226 g/mol. The van der Waals surface area contributed by atoms with E-state index in [4.69, 9.17) is 4.74 Å². The smallest absolute Gasteiger partial charge is 0.330 e. The molecule has 98 valence electrons. The summed E-state index contributed by atoms with van der Waals surface area (Å²) in [4.78, 5) is 14.1. The van der Waals surface area contributed by atoms with Gasteiger partial charge in [-0.3, -0.25) is 4.90 Å². The van der Waals surface area contributed by atoms with Crippen LogP contribution < -0.4 is 0 Å². The lowest BCUT2D eigenvalue weighted by atomic mass is 9.89. The Kier molecular flexibility index (Phi) is 5.10. The van der Waals surface area contributed by atoms with E-state index in [0.29, 0.717) is 13.0 Å². The van der Waals surface area contributed by atoms with Gasteiger partial charge in [0.15, 0.2) is 0 Å². The van der Waals surface area contributed by atoms with E-state index in [2.05, 4.69) is 6.58 Å². The van der Waals surface area contributed by atoms with Gasteiger partial charge < -0.3 is 4.74 Å². The van der Waals surface area contributed by atoms with Crippen molar-refractivity contribution in [3.05, 3.63) is 48.6 Å². The van der Waals surface area contributed by atoms with Crippen LogP contribution in [0.15, 0.2) is 43.0 Å². The Morgan fingerprint density at radius 1 is 1.39 bits per heavy atom. The van der Waals surface area contributed by atoms with Gasteiger partial charge in [-0.05, 0) is 26.6 Å². The maximum Gasteiger partial charge on any atom is 0.330 e. The lowest BCUT2D eigenvalue weighted by molar-refractivity contribution is -0.153. The molecule has 0 fully saturated rings. The van der Waals surface area contributed by atoms with Crippen molar-refractivity contribution in [2.75, 3.05) is 20.7 Å². The number of carbonyl (C=O) groups is 1. The highest BCUT2D eigenvalue weighted by Gasteiger charge is 2.39. The predicted molar refractivity (Wildman–Crippen MR) is 73.4 cm³/mol. The minimum Gasteiger partial charge on any atom is -0.464 e. The molecule has 0 radical (unpaired) electrons. The monoisotopic (exact) mass is 247 g/mol. The molecule has 0 aromatic heterocycles. The Balaban J connectivity index is 3.04. The van der Waals surface area contributed by atoms with E-state index >= 15 is 0 Å². The molecule has 1 rings (SSSR count). The molecule has 0 unspecified atom stereocenters. The Labute approximate surface area is 109 Å². The molecule has 0 heterocycles. The number of benzene rings is 1. The molecule has 18 heavy (non-hydrogen) atoms. The van der Waals surface area contributed by atoms with E-state index < -0.39 is 5.54 Å². The highest BCUT2D eigenvalue weighted by molar-refractivity contribution is 5.83. The fourth-order valence-corrected chi connectivity index (χ4v) is 1.91. The number of ether oxygens (including phenoxy) is 1. The summed E-state index contributed by atoms with van der Waals surface area (Å²) in [5.74, 6) is -0.256. The summed E-state index contributed by atoms with van der Waals surface area (Å²) in [5.41, 5.74) is 0.274. The molecule has 1 aromatic rings. The maximum absolute atomic E-state index is 12.2. The third kappa shape index (κ3) is 2.99. The van der Waals surface area contributed by atoms with Crippen LogP contribution in [0.3, 0.4) is 0 Å². The van der Waals surface area contributed by atoms with Crippen LogP contribution in [0, 0.1) is 0 Å². The Morgan fingerprint density at radius 3 is 2.44 bits per heavy atom. The molecule has 3 heteroatoms. The van der Waals surface area contributed by atoms with Crippen LogP contribution in [0.5, 0.6) is 0 Å². The van der Waals surface area contributed by atoms with Crippen molar-refractivity contribution in [2.24, 2.45) is 0 Å². The zero-order valence-corrected chi connectivity index (χ0v) is 11.3. The van der Waals surface area contributed by atoms with Crippen molar-refractivity contribution in [1.82, 2.24) is 4.90 Å². The van der Waals surface area contributed by atoms with Crippen molar-refractivity contribution in [3.63, 3.8) is 0 Å². The van der Waals surface area contributed by atoms with E-state index in [1.54, 1.807) is 6.08 Å². The molecule has 0 spiro atoms. The normalized spacial score (nSPS) is 14.0. The standard InChI is InChI=1S/C15H21NO2/c1-5-15(16(3)4,14(17)18-6-2)12-13-10-8-7-9-11-13/h5,7-11H,1,6,12H2,2-4H3/t15-/m0/s1. The summed E-state index contributed by atoms with van der Waals surface area (Å²) < 4.78 is 5.18. The quantitative estimate of drug-likeness (QED) is 0.570. The van der Waals surface area contributed by atoms with Crippen LogP contribution in [0.1, 0.15) is 12.5 Å². The SMILES string of the molecule is C=C[C@](Cc1ccccc1)(C(=O)OCC)N(C)C. The molecule has 0 N–H and O–H groups in total. The van der Waals surface area contributed by atoms with E-state index in [1.165, 1.54) is 0 Å². The molecule has 1 atom stereocenters. The molecule has 1 aromatic carbocycles. The number of hydrogen-bond acceptors (Lipinski definition) is 3. The molecule has 0 amide bonds. The molecule has 0 saturated carbocycles. The summed E-state index contributed by atoms with van der Waals surface area (Å²) in [5, 5.41) is 0. The highest BCUT2D eigenvalue weighted by Crippen LogP contribution is 2.22. The van der Waals surface area contributed by atoms with Gasteiger partial charge in [0, 0.05) is 6.42 Å². The summed E-state index contributed by atoms with van der Waals surface area (Å²) >= 11 is 0. The third-order valence-corrected chi connectivity index (χ3v) is 3.08. The fourth-order valence-electron chi connectivity index (χ4n) is 1.91. The van der Waals surface area contributed by atoms with E-state index in [-0.39, 0.29) is 5.97 Å². The number of carbonyl (C=O) groups excluding carboxylic acids is 1. The van der Waals surface area contributed by atoms with Crippen LogP contribution in [-0.2, 0) is 16.0 Å². The van der Waals surface area contributed by atoms with Gasteiger partial charge in [0.05, 0.1) is 6.61 Å². The first-order valence-electron chi connectivity index (χ1n) is 6.09. The average molecular weight is 247 g/mol.